The lowest BCUT2D eigenvalue weighted by Gasteiger charge is -2.11. The van der Waals surface area contributed by atoms with Gasteiger partial charge in [-0.1, -0.05) is 0 Å². The van der Waals surface area contributed by atoms with E-state index in [0.717, 1.165) is 0 Å². The van der Waals surface area contributed by atoms with Crippen LogP contribution in [-0.4, -0.2) is 17.9 Å². The van der Waals surface area contributed by atoms with Crippen molar-refractivity contribution in [2.45, 2.75) is 6.92 Å². The summed E-state index contributed by atoms with van der Waals surface area (Å²) in [6.07, 6.45) is 0. The molecular weight excluding hydrogens is 175 g/mol. The predicted molar refractivity (Wildman–Crippen MR) is 42.4 cm³/mol. The molecular formula is C3H11N2O3PS. The van der Waals surface area contributed by atoms with Crippen molar-refractivity contribution >= 4 is 24.4 Å². The van der Waals surface area contributed by atoms with Gasteiger partial charge < -0.3 is 15.6 Å². The minimum absolute atomic E-state index is 0. The zero-order valence-electron chi connectivity index (χ0n) is 5.83. The van der Waals surface area contributed by atoms with E-state index in [9.17, 15) is 4.79 Å². The van der Waals surface area contributed by atoms with E-state index in [2.05, 4.69) is 21.4 Å². The van der Waals surface area contributed by atoms with Gasteiger partial charge in [0, 0.05) is 14.0 Å². The normalized spacial score (nSPS) is 14.7. The Labute approximate surface area is 64.6 Å². The Bertz CT molecular complexity index is 162. The molecule has 10 heavy (non-hydrogen) atoms. The number of carbonyl (C=O) groups excluding carboxylic acids is 1. The molecule has 0 spiro atoms. The Balaban J connectivity index is 0. The van der Waals surface area contributed by atoms with Crippen LogP contribution in [0.1, 0.15) is 6.92 Å². The Kier molecular flexibility index (Phi) is 6.02. The van der Waals surface area contributed by atoms with Gasteiger partial charge in [-0.3, -0.25) is 9.88 Å². The van der Waals surface area contributed by atoms with Crippen LogP contribution in [0.3, 0.4) is 0 Å². The number of hydrogen-bond acceptors (Lipinski definition) is 4. The Morgan fingerprint density at radius 2 is 2.20 bits per heavy atom. The van der Waals surface area contributed by atoms with Crippen LogP contribution in [0, 0.1) is 0 Å². The third kappa shape index (κ3) is 6.12. The van der Waals surface area contributed by atoms with Crippen LogP contribution in [-0.2, 0) is 21.1 Å². The Morgan fingerprint density at radius 3 is 2.30 bits per heavy atom. The summed E-state index contributed by atoms with van der Waals surface area (Å²) in [4.78, 5) is 19.1. The van der Waals surface area contributed by atoms with E-state index in [-0.39, 0.29) is 12.1 Å². The van der Waals surface area contributed by atoms with Crippen LogP contribution >= 0.6 is 6.64 Å². The fourth-order valence-electron chi connectivity index (χ4n) is 0.245. The zero-order chi connectivity index (χ0) is 7.49. The molecule has 0 fully saturated rings. The summed E-state index contributed by atoms with van der Waals surface area (Å²) in [5.41, 5.74) is 0. The van der Waals surface area contributed by atoms with Crippen molar-refractivity contribution in [2.24, 2.45) is 0 Å². The van der Waals surface area contributed by atoms with Crippen LogP contribution < -0.4 is 11.2 Å². The maximum Gasteiger partial charge on any atom is 0.286 e. The van der Waals surface area contributed by atoms with Crippen molar-refractivity contribution in [3.63, 3.8) is 0 Å². The van der Waals surface area contributed by atoms with Gasteiger partial charge in [-0.15, -0.1) is 0 Å². The molecule has 1 atom stereocenters. The molecule has 0 saturated heterocycles. The lowest BCUT2D eigenvalue weighted by atomic mass is 10.8. The lowest BCUT2D eigenvalue weighted by Crippen LogP contribution is -2.16. The first kappa shape index (κ1) is 12.7. The number of carbonyl (C=O) groups is 1. The van der Waals surface area contributed by atoms with E-state index >= 15 is 0 Å². The van der Waals surface area contributed by atoms with Gasteiger partial charge in [0.2, 0.25) is 5.91 Å². The van der Waals surface area contributed by atoms with Gasteiger partial charge in [-0.2, -0.15) is 0 Å². The van der Waals surface area contributed by atoms with Crippen molar-refractivity contribution < 1.29 is 14.2 Å². The molecule has 0 radical (unpaired) electrons. The molecule has 0 heterocycles. The summed E-state index contributed by atoms with van der Waals surface area (Å²) in [6, 6.07) is 0. The molecule has 0 aliphatic heterocycles. The quantitative estimate of drug-likeness (QED) is 0.533. The number of amides is 1. The van der Waals surface area contributed by atoms with Crippen molar-refractivity contribution in [1.29, 1.82) is 0 Å². The number of rotatable bonds is 2. The number of hydrogen-bond donors (Lipinski definition) is 3. The second-order valence-electron chi connectivity index (χ2n) is 1.37. The minimum Gasteiger partial charge on any atom is -0.344 e. The zero-order valence-corrected chi connectivity index (χ0v) is 7.54. The molecule has 0 saturated carbocycles. The van der Waals surface area contributed by atoms with E-state index in [1.807, 2.05) is 0 Å². The topological polar surface area (TPSA) is 93.6 Å². The Hall–Kier alpha value is 0.0000000000000000347. The average molecular weight is 186 g/mol. The monoisotopic (exact) mass is 186 g/mol. The molecule has 0 bridgehead atoms. The Morgan fingerprint density at radius 1 is 1.80 bits per heavy atom. The second-order valence-corrected chi connectivity index (χ2v) is 4.49. The second kappa shape index (κ2) is 4.76. The number of nitrogens with one attached hydrogen (secondary N) is 1. The van der Waals surface area contributed by atoms with Crippen LogP contribution in [0.2, 0.25) is 0 Å². The average Bonchev–Trinajstić information content (AvgIpc) is 1.63. The van der Waals surface area contributed by atoms with E-state index < -0.39 is 6.64 Å². The van der Waals surface area contributed by atoms with Crippen LogP contribution in [0.5, 0.6) is 0 Å². The van der Waals surface area contributed by atoms with Crippen molar-refractivity contribution in [1.82, 2.24) is 11.2 Å². The lowest BCUT2D eigenvalue weighted by molar-refractivity contribution is -0.117. The predicted octanol–water partition coefficient (Wildman–Crippen LogP) is 0.148. The highest BCUT2D eigenvalue weighted by Gasteiger charge is 2.10. The highest BCUT2D eigenvalue weighted by Crippen LogP contribution is 2.35. The van der Waals surface area contributed by atoms with E-state index in [1.54, 1.807) is 0 Å². The molecule has 0 aliphatic rings. The third-order valence-electron chi connectivity index (χ3n) is 0.546. The van der Waals surface area contributed by atoms with Gasteiger partial charge in [0.15, 0.2) is 0 Å². The molecule has 1 amide bonds. The standard InChI is InChI=1S/C3H8NO3PS.H3N/c1-3(5)4-8(6,9)7-2;/h1-2H3,(H2,4,5,6,9);1H3/t8-;/m0./s1. The van der Waals surface area contributed by atoms with Crippen molar-refractivity contribution in [3.8, 4) is 0 Å². The molecule has 0 aliphatic carbocycles. The molecule has 62 valence electrons. The third-order valence-corrected chi connectivity index (χ3v) is 2.36. The van der Waals surface area contributed by atoms with Gasteiger partial charge in [-0.05, 0) is 11.8 Å². The van der Waals surface area contributed by atoms with Crippen LogP contribution in [0.25, 0.3) is 0 Å². The SMILES string of the molecule is CO[P@](O)(=S)NC(C)=O.N. The first-order valence-corrected chi connectivity index (χ1v) is 4.82. The largest absolute Gasteiger partial charge is 0.344 e. The molecule has 0 aromatic carbocycles. The molecule has 5 nitrogen and oxygen atoms in total. The maximum absolute atomic E-state index is 10.2. The van der Waals surface area contributed by atoms with Crippen molar-refractivity contribution in [3.05, 3.63) is 0 Å². The molecule has 7 heteroatoms. The van der Waals surface area contributed by atoms with Crippen LogP contribution in [0.15, 0.2) is 0 Å². The van der Waals surface area contributed by atoms with Gasteiger partial charge in [-0.25, -0.2) is 0 Å². The van der Waals surface area contributed by atoms with Gasteiger partial charge in [0.1, 0.15) is 0 Å². The van der Waals surface area contributed by atoms with E-state index in [1.165, 1.54) is 14.0 Å². The first-order chi connectivity index (χ1) is 3.98. The first-order valence-electron chi connectivity index (χ1n) is 2.15. The fourth-order valence-corrected chi connectivity index (χ4v) is 1.12. The summed E-state index contributed by atoms with van der Waals surface area (Å²) >= 11 is 4.43. The summed E-state index contributed by atoms with van der Waals surface area (Å²) in [6.45, 7) is -1.74. The van der Waals surface area contributed by atoms with Gasteiger partial charge in [0.05, 0.1) is 0 Å². The molecule has 0 aromatic rings. The molecule has 0 aromatic heterocycles. The molecule has 0 rings (SSSR count). The van der Waals surface area contributed by atoms with E-state index in [0.29, 0.717) is 0 Å². The van der Waals surface area contributed by atoms with Gasteiger partial charge in [0.25, 0.3) is 6.64 Å². The maximum atomic E-state index is 10.2. The van der Waals surface area contributed by atoms with Gasteiger partial charge >= 0.3 is 0 Å². The summed E-state index contributed by atoms with van der Waals surface area (Å²) in [5, 5.41) is 2.09. The highest BCUT2D eigenvalue weighted by atomic mass is 32.5. The van der Waals surface area contributed by atoms with Crippen molar-refractivity contribution in [2.75, 3.05) is 7.11 Å². The molecule has 5 N–H and O–H groups in total. The fraction of sp³-hybridized carbons (Fsp3) is 0.667. The summed E-state index contributed by atoms with van der Waals surface area (Å²) < 4.78 is 4.40. The van der Waals surface area contributed by atoms with Crippen LogP contribution in [0.4, 0.5) is 0 Å². The summed E-state index contributed by atoms with van der Waals surface area (Å²) in [7, 11) is 1.25. The smallest absolute Gasteiger partial charge is 0.286 e. The minimum atomic E-state index is -3.00. The highest BCUT2D eigenvalue weighted by molar-refractivity contribution is 8.08. The van der Waals surface area contributed by atoms with E-state index in [4.69, 9.17) is 4.89 Å². The molecule has 0 unspecified atom stereocenters. The summed E-state index contributed by atoms with van der Waals surface area (Å²) in [5.74, 6) is -0.386.